The molecule has 2 aromatic rings. The van der Waals surface area contributed by atoms with E-state index in [1.807, 2.05) is 18.2 Å². The molecule has 2 atom stereocenters. The van der Waals surface area contributed by atoms with Crippen molar-refractivity contribution in [3.63, 3.8) is 0 Å². The van der Waals surface area contributed by atoms with Crippen LogP contribution in [0.15, 0.2) is 40.9 Å². The Morgan fingerprint density at radius 2 is 2.15 bits per heavy atom. The Morgan fingerprint density at radius 1 is 1.27 bits per heavy atom. The minimum atomic E-state index is -0.368. The van der Waals surface area contributed by atoms with Gasteiger partial charge in [0.1, 0.15) is 6.61 Å². The van der Waals surface area contributed by atoms with Crippen LogP contribution in [0.25, 0.3) is 0 Å². The predicted octanol–water partition coefficient (Wildman–Crippen LogP) is 4.06. The quantitative estimate of drug-likeness (QED) is 0.820. The average molecular weight is 416 g/mol. The molecule has 1 saturated carbocycles. The van der Waals surface area contributed by atoms with Gasteiger partial charge in [0, 0.05) is 15.9 Å². The van der Waals surface area contributed by atoms with Crippen LogP contribution in [0.5, 0.6) is 11.5 Å². The zero-order valence-electron chi connectivity index (χ0n) is 14.1. The zero-order valence-corrected chi connectivity index (χ0v) is 15.7. The van der Waals surface area contributed by atoms with Crippen LogP contribution in [0.2, 0.25) is 0 Å². The number of alkyl carbamates (subject to hydrolysis) is 1. The largest absolute Gasteiger partial charge is 0.454 e. The number of carbonyl (C=O) groups excluding carboxylic acids is 1. The molecule has 0 bridgehead atoms. The van der Waals surface area contributed by atoms with Crippen LogP contribution in [0.3, 0.4) is 0 Å². The van der Waals surface area contributed by atoms with Crippen LogP contribution in [-0.4, -0.2) is 18.9 Å². The van der Waals surface area contributed by atoms with Crippen molar-refractivity contribution in [3.05, 3.63) is 57.6 Å². The van der Waals surface area contributed by atoms with E-state index in [1.165, 1.54) is 15.6 Å². The number of rotatable bonds is 3. The van der Waals surface area contributed by atoms with Crippen molar-refractivity contribution in [2.24, 2.45) is 0 Å². The molecule has 2 aromatic carbocycles. The van der Waals surface area contributed by atoms with Crippen molar-refractivity contribution in [3.8, 4) is 11.5 Å². The van der Waals surface area contributed by atoms with Gasteiger partial charge in [0.15, 0.2) is 11.5 Å². The van der Waals surface area contributed by atoms with Gasteiger partial charge in [-0.3, -0.25) is 0 Å². The molecule has 0 aromatic heterocycles. The van der Waals surface area contributed by atoms with Crippen LogP contribution in [-0.2, 0) is 23.2 Å². The van der Waals surface area contributed by atoms with Gasteiger partial charge in [-0.15, -0.1) is 0 Å². The van der Waals surface area contributed by atoms with Gasteiger partial charge in [-0.25, -0.2) is 4.79 Å². The number of hydrogen-bond acceptors (Lipinski definition) is 4. The number of ether oxygens (including phenoxy) is 3. The van der Waals surface area contributed by atoms with Gasteiger partial charge in [0.25, 0.3) is 0 Å². The molecular weight excluding hydrogens is 398 g/mol. The summed E-state index contributed by atoms with van der Waals surface area (Å²) in [5, 5.41) is 3.04. The standard InChI is InChI=1S/C20H18BrNO4/c21-15-3-1-2-14-13(15)6-7-20(14)9-18(20)22-19(23)24-10-12-4-5-16-17(8-12)26-11-25-16/h1-5,8,18H,6-7,9-11H2,(H,22,23)/t18-,20-/m0/s1. The molecule has 3 aliphatic rings. The van der Waals surface area contributed by atoms with Crippen LogP contribution < -0.4 is 14.8 Å². The molecular formula is C20H18BrNO4. The van der Waals surface area contributed by atoms with Crippen molar-refractivity contribution in [2.75, 3.05) is 6.79 Å². The molecule has 0 unspecified atom stereocenters. The van der Waals surface area contributed by atoms with Crippen molar-refractivity contribution < 1.29 is 19.0 Å². The second-order valence-electron chi connectivity index (χ2n) is 7.09. The zero-order chi connectivity index (χ0) is 17.7. The van der Waals surface area contributed by atoms with E-state index >= 15 is 0 Å². The summed E-state index contributed by atoms with van der Waals surface area (Å²) >= 11 is 3.64. The number of carbonyl (C=O) groups is 1. The summed E-state index contributed by atoms with van der Waals surface area (Å²) in [4.78, 5) is 12.2. The third-order valence-corrected chi connectivity index (χ3v) is 6.39. The van der Waals surface area contributed by atoms with Crippen molar-refractivity contribution in [1.29, 1.82) is 0 Å². The SMILES string of the molecule is O=C(N[C@H]1C[C@]12CCc1c(Br)cccc12)OCc1ccc2c(c1)OCO2. The maximum Gasteiger partial charge on any atom is 0.407 e. The van der Waals surface area contributed by atoms with E-state index in [0.29, 0.717) is 5.75 Å². The lowest BCUT2D eigenvalue weighted by molar-refractivity contribution is 0.138. The lowest BCUT2D eigenvalue weighted by Gasteiger charge is -2.13. The normalized spacial score (nSPS) is 24.4. The third-order valence-electron chi connectivity index (χ3n) is 5.65. The van der Waals surface area contributed by atoms with E-state index in [2.05, 4.69) is 39.4 Å². The lowest BCUT2D eigenvalue weighted by Crippen LogP contribution is -2.31. The Bertz CT molecular complexity index is 899. The summed E-state index contributed by atoms with van der Waals surface area (Å²) in [5.41, 5.74) is 3.72. The monoisotopic (exact) mass is 415 g/mol. The number of hydrogen-bond donors (Lipinski definition) is 1. The third kappa shape index (κ3) is 2.55. The van der Waals surface area contributed by atoms with E-state index < -0.39 is 0 Å². The number of fused-ring (bicyclic) bond motifs is 3. The number of amides is 1. The molecule has 1 fully saturated rings. The van der Waals surface area contributed by atoms with Gasteiger partial charge in [0.05, 0.1) is 0 Å². The fourth-order valence-electron chi connectivity index (χ4n) is 4.19. The first-order chi connectivity index (χ1) is 12.7. The average Bonchev–Trinajstić information content (AvgIpc) is 2.97. The second kappa shape index (κ2) is 5.91. The molecule has 6 heteroatoms. The highest BCUT2D eigenvalue weighted by Gasteiger charge is 2.59. The van der Waals surface area contributed by atoms with Gasteiger partial charge in [0.2, 0.25) is 6.79 Å². The highest BCUT2D eigenvalue weighted by atomic mass is 79.9. The van der Waals surface area contributed by atoms with Crippen LogP contribution >= 0.6 is 15.9 Å². The van der Waals surface area contributed by atoms with E-state index in [0.717, 1.165) is 30.6 Å². The highest BCUT2D eigenvalue weighted by molar-refractivity contribution is 9.10. The molecule has 26 heavy (non-hydrogen) atoms. The Morgan fingerprint density at radius 3 is 3.08 bits per heavy atom. The minimum absolute atomic E-state index is 0.0941. The Kier molecular flexibility index (Phi) is 3.64. The molecule has 5 nitrogen and oxygen atoms in total. The van der Waals surface area contributed by atoms with Gasteiger partial charge in [-0.05, 0) is 54.2 Å². The molecule has 5 rings (SSSR count). The molecule has 1 N–H and O–H groups in total. The van der Waals surface area contributed by atoms with Crippen molar-refractivity contribution in [2.45, 2.75) is 37.3 Å². The van der Waals surface area contributed by atoms with Gasteiger partial charge < -0.3 is 19.5 Å². The Balaban J connectivity index is 1.20. The summed E-state index contributed by atoms with van der Waals surface area (Å²) in [6, 6.07) is 12.1. The van der Waals surface area contributed by atoms with E-state index in [1.54, 1.807) is 0 Å². The smallest absolute Gasteiger partial charge is 0.407 e. The topological polar surface area (TPSA) is 56.8 Å². The molecule has 1 spiro atoms. The molecule has 0 saturated heterocycles. The summed E-state index contributed by atoms with van der Waals surface area (Å²) in [7, 11) is 0. The first-order valence-corrected chi connectivity index (χ1v) is 9.55. The summed E-state index contributed by atoms with van der Waals surface area (Å²) in [6.07, 6.45) is 2.75. The first kappa shape index (κ1) is 16.0. The molecule has 1 aliphatic heterocycles. The van der Waals surface area contributed by atoms with Gasteiger partial charge in [-0.1, -0.05) is 34.1 Å². The van der Waals surface area contributed by atoms with Gasteiger partial charge >= 0.3 is 6.09 Å². The Hall–Kier alpha value is -2.21. The van der Waals surface area contributed by atoms with Crippen molar-refractivity contribution >= 4 is 22.0 Å². The van der Waals surface area contributed by atoms with Crippen LogP contribution in [0.1, 0.15) is 29.5 Å². The number of nitrogens with one attached hydrogen (secondary N) is 1. The van der Waals surface area contributed by atoms with Gasteiger partial charge in [-0.2, -0.15) is 0 Å². The van der Waals surface area contributed by atoms with Crippen LogP contribution in [0.4, 0.5) is 4.79 Å². The number of benzene rings is 2. The molecule has 2 aliphatic carbocycles. The fourth-order valence-corrected chi connectivity index (χ4v) is 4.76. The van der Waals surface area contributed by atoms with E-state index in [4.69, 9.17) is 14.2 Å². The highest BCUT2D eigenvalue weighted by Crippen LogP contribution is 2.57. The van der Waals surface area contributed by atoms with E-state index in [-0.39, 0.29) is 30.9 Å². The van der Waals surface area contributed by atoms with E-state index in [9.17, 15) is 4.79 Å². The molecule has 1 heterocycles. The second-order valence-corrected chi connectivity index (χ2v) is 7.94. The lowest BCUT2D eigenvalue weighted by atomic mass is 9.97. The Labute approximate surface area is 159 Å². The predicted molar refractivity (Wildman–Crippen MR) is 98.4 cm³/mol. The minimum Gasteiger partial charge on any atom is -0.454 e. The molecule has 1 amide bonds. The molecule has 0 radical (unpaired) electrons. The van der Waals surface area contributed by atoms with Crippen molar-refractivity contribution in [1.82, 2.24) is 5.32 Å². The van der Waals surface area contributed by atoms with Crippen LogP contribution in [0, 0.1) is 0 Å². The summed E-state index contributed by atoms with van der Waals surface area (Å²) in [6.45, 7) is 0.450. The fraction of sp³-hybridized carbons (Fsp3) is 0.350. The molecule has 134 valence electrons. The number of halogens is 1. The summed E-state index contributed by atoms with van der Waals surface area (Å²) in [5.74, 6) is 1.42. The first-order valence-electron chi connectivity index (χ1n) is 8.75. The maximum atomic E-state index is 12.2. The maximum absolute atomic E-state index is 12.2. The summed E-state index contributed by atoms with van der Waals surface area (Å²) < 4.78 is 17.2.